The maximum absolute atomic E-state index is 4.77. The summed E-state index contributed by atoms with van der Waals surface area (Å²) in [6.07, 6.45) is 7.99. The van der Waals surface area contributed by atoms with Crippen LogP contribution in [0.1, 0.15) is 47.7 Å². The van der Waals surface area contributed by atoms with Gasteiger partial charge in [-0.1, -0.05) is 18.2 Å². The van der Waals surface area contributed by atoms with Crippen LogP contribution < -0.4 is 10.2 Å². The summed E-state index contributed by atoms with van der Waals surface area (Å²) in [6, 6.07) is 12.9. The van der Waals surface area contributed by atoms with Gasteiger partial charge in [0.2, 0.25) is 0 Å². The molecule has 1 aliphatic carbocycles. The quantitative estimate of drug-likeness (QED) is 0.805. The average Bonchev–Trinajstić information content (AvgIpc) is 3.29. The molecule has 1 aromatic carbocycles. The number of aromatic nitrogens is 1. The number of likely N-dealkylation sites (N-methyl/N-ethyl adjacent to an activating group) is 2. The minimum atomic E-state index is 0.447. The first-order valence-corrected chi connectivity index (χ1v) is 12.0. The largest absolute Gasteiger partial charge is 0.370 e. The molecule has 0 spiro atoms. The second kappa shape index (κ2) is 8.89. The molecule has 1 fully saturated rings. The van der Waals surface area contributed by atoms with Crippen LogP contribution in [-0.4, -0.2) is 67.6 Å². The lowest BCUT2D eigenvalue weighted by atomic mass is 9.89. The number of nitrogens with zero attached hydrogens (tertiary/aromatic N) is 4. The van der Waals surface area contributed by atoms with E-state index >= 15 is 0 Å². The van der Waals surface area contributed by atoms with Crippen molar-refractivity contribution in [2.75, 3.05) is 45.7 Å². The van der Waals surface area contributed by atoms with Crippen molar-refractivity contribution in [2.45, 2.75) is 56.8 Å². The predicted octanol–water partition coefficient (Wildman–Crippen LogP) is 3.25. The SMILES string of the molecule is CN(C[C@H]1Cc2c(cccc2N2CC[C@@H](N(C)C)C2)CN1)C1CCCc2cccnc21. The topological polar surface area (TPSA) is 34.6 Å². The van der Waals surface area contributed by atoms with Crippen LogP contribution in [-0.2, 0) is 19.4 Å². The first-order valence-electron chi connectivity index (χ1n) is 12.0. The molecule has 5 rings (SSSR count). The Hall–Kier alpha value is -1.95. The fraction of sp³-hybridized carbons (Fsp3) is 0.577. The van der Waals surface area contributed by atoms with Gasteiger partial charge in [-0.2, -0.15) is 0 Å². The maximum Gasteiger partial charge on any atom is 0.0607 e. The maximum atomic E-state index is 4.77. The molecule has 3 aliphatic rings. The van der Waals surface area contributed by atoms with Crippen LogP contribution in [0, 0.1) is 0 Å². The highest BCUT2D eigenvalue weighted by Crippen LogP contribution is 2.34. The van der Waals surface area contributed by atoms with Crippen LogP contribution in [0.4, 0.5) is 5.69 Å². The second-order valence-corrected chi connectivity index (χ2v) is 9.94. The lowest BCUT2D eigenvalue weighted by molar-refractivity contribution is 0.191. The van der Waals surface area contributed by atoms with Gasteiger partial charge in [-0.05, 0) is 82.1 Å². The van der Waals surface area contributed by atoms with E-state index < -0.39 is 0 Å². The van der Waals surface area contributed by atoms with Gasteiger partial charge in [0.25, 0.3) is 0 Å². The summed E-state index contributed by atoms with van der Waals surface area (Å²) in [5.74, 6) is 0. The summed E-state index contributed by atoms with van der Waals surface area (Å²) >= 11 is 0. The summed E-state index contributed by atoms with van der Waals surface area (Å²) < 4.78 is 0. The Morgan fingerprint density at radius 1 is 1.10 bits per heavy atom. The monoisotopic (exact) mass is 419 g/mol. The third-order valence-corrected chi connectivity index (χ3v) is 7.72. The zero-order chi connectivity index (χ0) is 21.4. The normalized spacial score (nSPS) is 25.7. The molecule has 0 amide bonds. The Morgan fingerprint density at radius 3 is 2.81 bits per heavy atom. The molecule has 0 bridgehead atoms. The summed E-state index contributed by atoms with van der Waals surface area (Å²) in [5, 5.41) is 3.83. The van der Waals surface area contributed by atoms with Gasteiger partial charge >= 0.3 is 0 Å². The fourth-order valence-corrected chi connectivity index (χ4v) is 5.89. The Balaban J connectivity index is 1.30. The molecule has 1 N–H and O–H groups in total. The Labute approximate surface area is 187 Å². The average molecular weight is 420 g/mol. The van der Waals surface area contributed by atoms with Gasteiger partial charge in [-0.25, -0.2) is 0 Å². The number of nitrogens with one attached hydrogen (secondary N) is 1. The number of rotatable bonds is 5. The zero-order valence-corrected chi connectivity index (χ0v) is 19.3. The molecule has 1 unspecified atom stereocenters. The van der Waals surface area contributed by atoms with Crippen LogP contribution >= 0.6 is 0 Å². The first-order chi connectivity index (χ1) is 15.1. The first kappa shape index (κ1) is 20.9. The second-order valence-electron chi connectivity index (χ2n) is 9.94. The number of aryl methyl sites for hydroxylation is 1. The molecule has 1 saturated heterocycles. The van der Waals surface area contributed by atoms with Crippen molar-refractivity contribution < 1.29 is 0 Å². The number of fused-ring (bicyclic) bond motifs is 2. The Bertz CT molecular complexity index is 910. The van der Waals surface area contributed by atoms with Crippen molar-refractivity contribution in [1.82, 2.24) is 20.1 Å². The summed E-state index contributed by atoms with van der Waals surface area (Å²) in [7, 11) is 6.71. The molecule has 2 aliphatic heterocycles. The van der Waals surface area contributed by atoms with Gasteiger partial charge in [0.05, 0.1) is 11.7 Å². The minimum absolute atomic E-state index is 0.447. The Morgan fingerprint density at radius 2 is 1.97 bits per heavy atom. The van der Waals surface area contributed by atoms with E-state index in [4.69, 9.17) is 4.98 Å². The molecule has 2 aromatic rings. The van der Waals surface area contributed by atoms with E-state index in [9.17, 15) is 0 Å². The van der Waals surface area contributed by atoms with Crippen molar-refractivity contribution in [2.24, 2.45) is 0 Å². The van der Waals surface area contributed by atoms with Gasteiger partial charge < -0.3 is 15.1 Å². The van der Waals surface area contributed by atoms with Gasteiger partial charge in [0, 0.05) is 50.1 Å². The lowest BCUT2D eigenvalue weighted by Gasteiger charge is -2.37. The van der Waals surface area contributed by atoms with Crippen molar-refractivity contribution in [3.63, 3.8) is 0 Å². The van der Waals surface area contributed by atoms with Crippen molar-refractivity contribution >= 4 is 5.69 Å². The highest BCUT2D eigenvalue weighted by atomic mass is 15.2. The number of benzene rings is 1. The van der Waals surface area contributed by atoms with E-state index in [1.165, 1.54) is 54.7 Å². The van der Waals surface area contributed by atoms with Crippen LogP contribution in [0.3, 0.4) is 0 Å². The van der Waals surface area contributed by atoms with Crippen molar-refractivity contribution in [3.8, 4) is 0 Å². The van der Waals surface area contributed by atoms with Crippen molar-refractivity contribution in [1.29, 1.82) is 0 Å². The Kier molecular flexibility index (Phi) is 6.00. The predicted molar refractivity (Wildman–Crippen MR) is 128 cm³/mol. The summed E-state index contributed by atoms with van der Waals surface area (Å²) in [6.45, 7) is 4.36. The van der Waals surface area contributed by atoms with Crippen LogP contribution in [0.2, 0.25) is 0 Å². The molecule has 31 heavy (non-hydrogen) atoms. The minimum Gasteiger partial charge on any atom is -0.370 e. The van der Waals surface area contributed by atoms with E-state index in [2.05, 4.69) is 71.5 Å². The molecule has 3 atom stereocenters. The molecule has 166 valence electrons. The van der Waals surface area contributed by atoms with Gasteiger partial charge in [-0.15, -0.1) is 0 Å². The molecule has 5 nitrogen and oxygen atoms in total. The number of hydrogen-bond acceptors (Lipinski definition) is 5. The summed E-state index contributed by atoms with van der Waals surface area (Å²) in [5.41, 5.74) is 7.27. The molecule has 0 radical (unpaired) electrons. The van der Waals surface area contributed by atoms with Crippen LogP contribution in [0.25, 0.3) is 0 Å². The summed E-state index contributed by atoms with van der Waals surface area (Å²) in [4.78, 5) is 12.3. The lowest BCUT2D eigenvalue weighted by Crippen LogP contribution is -2.45. The van der Waals surface area contributed by atoms with Gasteiger partial charge in [-0.3, -0.25) is 9.88 Å². The van der Waals surface area contributed by atoms with Gasteiger partial charge in [0.1, 0.15) is 0 Å². The number of hydrogen-bond donors (Lipinski definition) is 1. The molecule has 5 heteroatoms. The van der Waals surface area contributed by atoms with E-state index in [-0.39, 0.29) is 0 Å². The third kappa shape index (κ3) is 4.23. The third-order valence-electron chi connectivity index (χ3n) is 7.72. The highest BCUT2D eigenvalue weighted by molar-refractivity contribution is 5.58. The number of anilines is 1. The molecule has 3 heterocycles. The fourth-order valence-electron chi connectivity index (χ4n) is 5.89. The molecular weight excluding hydrogens is 382 g/mol. The van der Waals surface area contributed by atoms with E-state index in [0.29, 0.717) is 18.1 Å². The molecule has 0 saturated carbocycles. The zero-order valence-electron chi connectivity index (χ0n) is 19.3. The molecule has 1 aromatic heterocycles. The standard InChI is InChI=1S/C26H37N5/c1-29(2)22-12-14-31(18-22)24-10-5-8-20-16-28-21(15-23(20)24)17-30(3)25-11-4-7-19-9-6-13-27-26(19)25/h5-6,8-10,13,21-22,25,28H,4,7,11-12,14-18H2,1-3H3/t21-,22-,25?/m1/s1. The number of pyridine rings is 1. The van der Waals surface area contributed by atoms with Crippen molar-refractivity contribution in [3.05, 3.63) is 58.9 Å². The molecular formula is C26H37N5. The van der Waals surface area contributed by atoms with E-state index in [1.54, 1.807) is 5.56 Å². The van der Waals surface area contributed by atoms with E-state index in [0.717, 1.165) is 26.1 Å². The van der Waals surface area contributed by atoms with Gasteiger partial charge in [0.15, 0.2) is 0 Å². The highest BCUT2D eigenvalue weighted by Gasteiger charge is 2.30. The van der Waals surface area contributed by atoms with Crippen LogP contribution in [0.5, 0.6) is 0 Å². The smallest absolute Gasteiger partial charge is 0.0607 e. The van der Waals surface area contributed by atoms with Crippen LogP contribution in [0.15, 0.2) is 36.5 Å². The van der Waals surface area contributed by atoms with E-state index in [1.807, 2.05) is 6.20 Å².